The summed E-state index contributed by atoms with van der Waals surface area (Å²) in [5.74, 6) is 0.0681. The van der Waals surface area contributed by atoms with Crippen molar-refractivity contribution in [1.29, 1.82) is 0 Å². The summed E-state index contributed by atoms with van der Waals surface area (Å²) in [7, 11) is 0. The predicted molar refractivity (Wildman–Crippen MR) is 73.3 cm³/mol. The summed E-state index contributed by atoms with van der Waals surface area (Å²) in [6.07, 6.45) is 3.02. The minimum atomic E-state index is -0.537. The molecule has 2 aromatic rings. The summed E-state index contributed by atoms with van der Waals surface area (Å²) < 4.78 is 4.89. The van der Waals surface area contributed by atoms with Crippen LogP contribution in [-0.2, 0) is 0 Å². The maximum atomic E-state index is 10.9. The maximum Gasteiger partial charge on any atom is 0.338 e. The zero-order chi connectivity index (χ0) is 14.0. The highest BCUT2D eigenvalue weighted by molar-refractivity contribution is 6.42. The van der Waals surface area contributed by atoms with E-state index in [2.05, 4.69) is 5.16 Å². The normalized spacial score (nSPS) is 11.1. The van der Waals surface area contributed by atoms with Crippen molar-refractivity contribution < 1.29 is 9.45 Å². The molecule has 7 heteroatoms. The Kier molecular flexibility index (Phi) is 3.87. The van der Waals surface area contributed by atoms with Crippen LogP contribution in [0.15, 0.2) is 22.7 Å². The zero-order valence-electron chi connectivity index (χ0n) is 9.76. The van der Waals surface area contributed by atoms with Crippen molar-refractivity contribution in [3.8, 4) is 0 Å². The van der Waals surface area contributed by atoms with Gasteiger partial charge >= 0.3 is 5.69 Å². The Morgan fingerprint density at radius 2 is 2.11 bits per heavy atom. The molecule has 0 aliphatic heterocycles. The number of nitro groups is 1. The van der Waals surface area contributed by atoms with Crippen molar-refractivity contribution in [2.24, 2.45) is 0 Å². The Hall–Kier alpha value is -1.85. The molecule has 1 heterocycles. The van der Waals surface area contributed by atoms with E-state index in [9.17, 15) is 10.1 Å². The van der Waals surface area contributed by atoms with Gasteiger partial charge in [-0.25, -0.2) is 0 Å². The lowest BCUT2D eigenvalue weighted by Crippen LogP contribution is -1.90. The summed E-state index contributed by atoms with van der Waals surface area (Å²) >= 11 is 11.9. The first kappa shape index (κ1) is 13.6. The molecular weight excluding hydrogens is 291 g/mol. The molecule has 0 aliphatic carbocycles. The molecule has 0 saturated carbocycles. The van der Waals surface area contributed by atoms with Crippen LogP contribution in [0.2, 0.25) is 10.0 Å². The van der Waals surface area contributed by atoms with Crippen LogP contribution >= 0.6 is 23.2 Å². The van der Waals surface area contributed by atoms with E-state index in [-0.39, 0.29) is 17.1 Å². The fraction of sp³-hybridized carbons (Fsp3) is 0.0833. The van der Waals surface area contributed by atoms with Gasteiger partial charge in [0.25, 0.3) is 0 Å². The summed E-state index contributed by atoms with van der Waals surface area (Å²) in [5, 5.41) is 15.2. The highest BCUT2D eigenvalue weighted by atomic mass is 35.5. The molecule has 1 aromatic heterocycles. The summed E-state index contributed by atoms with van der Waals surface area (Å²) in [5.41, 5.74) is 0.703. The smallest absolute Gasteiger partial charge is 0.338 e. The van der Waals surface area contributed by atoms with Gasteiger partial charge in [-0.1, -0.05) is 40.5 Å². The van der Waals surface area contributed by atoms with Gasteiger partial charge in [-0.15, -0.1) is 0 Å². The molecule has 0 amide bonds. The average Bonchev–Trinajstić information content (AvgIpc) is 2.72. The van der Waals surface area contributed by atoms with E-state index in [0.29, 0.717) is 15.6 Å². The van der Waals surface area contributed by atoms with E-state index >= 15 is 0 Å². The van der Waals surface area contributed by atoms with Gasteiger partial charge in [-0.2, -0.15) is 0 Å². The van der Waals surface area contributed by atoms with Gasteiger partial charge in [0.1, 0.15) is 0 Å². The number of aryl methyl sites for hydroxylation is 1. The van der Waals surface area contributed by atoms with Gasteiger partial charge < -0.3 is 4.52 Å². The van der Waals surface area contributed by atoms with Gasteiger partial charge in [-0.05, 0) is 30.7 Å². The molecule has 0 aliphatic rings. The van der Waals surface area contributed by atoms with E-state index in [1.807, 2.05) is 0 Å². The predicted octanol–water partition coefficient (Wildman–Crippen LogP) is 4.37. The number of hydrogen-bond acceptors (Lipinski definition) is 4. The van der Waals surface area contributed by atoms with Gasteiger partial charge in [0.05, 0.1) is 15.0 Å². The van der Waals surface area contributed by atoms with E-state index in [0.717, 1.165) is 0 Å². The summed E-state index contributed by atoms with van der Waals surface area (Å²) in [6, 6.07) is 5.12. The minimum absolute atomic E-state index is 0.0681. The Bertz CT molecular complexity index is 665. The van der Waals surface area contributed by atoms with Crippen molar-refractivity contribution in [1.82, 2.24) is 5.16 Å². The van der Waals surface area contributed by atoms with Crippen molar-refractivity contribution >= 4 is 41.0 Å². The van der Waals surface area contributed by atoms with Gasteiger partial charge in [0.15, 0.2) is 5.69 Å². The average molecular weight is 299 g/mol. The summed E-state index contributed by atoms with van der Waals surface area (Å²) in [4.78, 5) is 10.3. The maximum absolute atomic E-state index is 10.9. The molecule has 0 spiro atoms. The Labute approximate surface area is 118 Å². The van der Waals surface area contributed by atoms with Crippen LogP contribution in [0, 0.1) is 17.0 Å². The highest BCUT2D eigenvalue weighted by Gasteiger charge is 2.21. The number of benzene rings is 1. The molecule has 98 valence electrons. The first-order valence-corrected chi connectivity index (χ1v) is 5.99. The SMILES string of the molecule is Cc1noc(/C=C\c2cccc(Cl)c2Cl)c1[N+](=O)[O-]. The lowest BCUT2D eigenvalue weighted by molar-refractivity contribution is -0.386. The standard InChI is InChI=1S/C12H8Cl2N2O3/c1-7-12(16(17)18)10(19-15-7)6-5-8-3-2-4-9(13)11(8)14/h2-6H,1H3/b6-5-. The van der Waals surface area contributed by atoms with Crippen LogP contribution in [0.5, 0.6) is 0 Å². The molecule has 0 unspecified atom stereocenters. The van der Waals surface area contributed by atoms with Crippen LogP contribution in [-0.4, -0.2) is 10.1 Å². The van der Waals surface area contributed by atoms with E-state index in [4.69, 9.17) is 27.7 Å². The number of nitrogens with zero attached hydrogens (tertiary/aromatic N) is 2. The third-order valence-corrected chi connectivity index (χ3v) is 3.27. The lowest BCUT2D eigenvalue weighted by atomic mass is 10.2. The summed E-state index contributed by atoms with van der Waals surface area (Å²) in [6.45, 7) is 1.51. The van der Waals surface area contributed by atoms with E-state index in [1.54, 1.807) is 24.3 Å². The quantitative estimate of drug-likeness (QED) is 0.623. The highest BCUT2D eigenvalue weighted by Crippen LogP contribution is 2.29. The van der Waals surface area contributed by atoms with Crippen molar-refractivity contribution in [2.75, 3.05) is 0 Å². The molecule has 2 rings (SSSR count). The van der Waals surface area contributed by atoms with Crippen molar-refractivity contribution in [2.45, 2.75) is 6.92 Å². The third-order valence-electron chi connectivity index (χ3n) is 2.44. The molecule has 0 bridgehead atoms. The van der Waals surface area contributed by atoms with E-state index < -0.39 is 4.92 Å². The molecule has 0 atom stereocenters. The second-order valence-corrected chi connectivity index (χ2v) is 4.50. The van der Waals surface area contributed by atoms with Gasteiger partial charge in [0.2, 0.25) is 5.76 Å². The van der Waals surface area contributed by atoms with Gasteiger partial charge in [-0.3, -0.25) is 10.1 Å². The lowest BCUT2D eigenvalue weighted by Gasteiger charge is -1.99. The molecule has 1 aromatic carbocycles. The number of aromatic nitrogens is 1. The Morgan fingerprint density at radius 3 is 2.79 bits per heavy atom. The van der Waals surface area contributed by atoms with Gasteiger partial charge in [0, 0.05) is 0 Å². The zero-order valence-corrected chi connectivity index (χ0v) is 11.3. The molecule has 19 heavy (non-hydrogen) atoms. The molecular formula is C12H8Cl2N2O3. The molecule has 0 N–H and O–H groups in total. The van der Waals surface area contributed by atoms with Crippen LogP contribution in [0.1, 0.15) is 17.0 Å². The first-order chi connectivity index (χ1) is 9.00. The first-order valence-electron chi connectivity index (χ1n) is 5.23. The van der Waals surface area contributed by atoms with Crippen molar-refractivity contribution in [3.63, 3.8) is 0 Å². The minimum Gasteiger partial charge on any atom is -0.349 e. The van der Waals surface area contributed by atoms with Crippen LogP contribution in [0.25, 0.3) is 12.2 Å². The fourth-order valence-electron chi connectivity index (χ4n) is 1.53. The molecule has 0 fully saturated rings. The topological polar surface area (TPSA) is 69.2 Å². The molecule has 0 radical (unpaired) electrons. The van der Waals surface area contributed by atoms with Crippen molar-refractivity contribution in [3.05, 3.63) is 55.4 Å². The molecule has 5 nitrogen and oxygen atoms in total. The molecule has 0 saturated heterocycles. The second kappa shape index (κ2) is 5.42. The Morgan fingerprint density at radius 1 is 1.37 bits per heavy atom. The van der Waals surface area contributed by atoms with Crippen LogP contribution in [0.3, 0.4) is 0 Å². The van der Waals surface area contributed by atoms with E-state index in [1.165, 1.54) is 13.0 Å². The number of halogens is 2. The fourth-order valence-corrected chi connectivity index (χ4v) is 1.90. The van der Waals surface area contributed by atoms with Crippen LogP contribution in [0.4, 0.5) is 5.69 Å². The number of rotatable bonds is 3. The monoisotopic (exact) mass is 298 g/mol. The second-order valence-electron chi connectivity index (χ2n) is 3.71. The number of hydrogen-bond donors (Lipinski definition) is 0. The third kappa shape index (κ3) is 2.77. The Balaban J connectivity index is 2.38. The van der Waals surface area contributed by atoms with Crippen LogP contribution < -0.4 is 0 Å². The largest absolute Gasteiger partial charge is 0.349 e.